The molecule has 0 radical (unpaired) electrons. The Hall–Kier alpha value is -0.890. The molecule has 4 nitrogen and oxygen atoms in total. The third-order valence-corrected chi connectivity index (χ3v) is 6.07. The number of sulfonamides is 1. The van der Waals surface area contributed by atoms with Gasteiger partial charge in [0.2, 0.25) is 10.0 Å². The number of rotatable bonds is 6. The van der Waals surface area contributed by atoms with Crippen molar-refractivity contribution in [2.24, 2.45) is 0 Å². The summed E-state index contributed by atoms with van der Waals surface area (Å²) in [6.45, 7) is 2.51. The van der Waals surface area contributed by atoms with E-state index in [2.05, 4.69) is 20.7 Å². The van der Waals surface area contributed by atoms with Crippen LogP contribution >= 0.6 is 27.3 Å². The maximum atomic E-state index is 11.9. The summed E-state index contributed by atoms with van der Waals surface area (Å²) in [5.41, 5.74) is 1.15. The second kappa shape index (κ2) is 6.71. The number of benzene rings is 1. The van der Waals surface area contributed by atoms with Crippen molar-refractivity contribution in [2.45, 2.75) is 11.1 Å². The van der Waals surface area contributed by atoms with Gasteiger partial charge in [-0.2, -0.15) is 0 Å². The summed E-state index contributed by atoms with van der Waals surface area (Å²) in [6, 6.07) is 10.9. The van der Waals surface area contributed by atoms with Gasteiger partial charge < -0.3 is 4.74 Å². The molecule has 0 aliphatic heterocycles. The molecule has 0 amide bonds. The van der Waals surface area contributed by atoms with Crippen LogP contribution in [0.4, 0.5) is 0 Å². The van der Waals surface area contributed by atoms with Crippen molar-refractivity contribution >= 4 is 37.3 Å². The molecule has 0 saturated heterocycles. The van der Waals surface area contributed by atoms with Gasteiger partial charge >= 0.3 is 0 Å². The Morgan fingerprint density at radius 2 is 1.90 bits per heavy atom. The highest BCUT2D eigenvalue weighted by atomic mass is 79.9. The molecule has 0 atom stereocenters. The highest BCUT2D eigenvalue weighted by Gasteiger charge is 2.15. The molecule has 0 unspecified atom stereocenters. The summed E-state index contributed by atoms with van der Waals surface area (Å²) < 4.78 is 32.9. The first-order chi connectivity index (χ1) is 9.47. The van der Waals surface area contributed by atoms with Crippen molar-refractivity contribution < 1.29 is 13.2 Å². The van der Waals surface area contributed by atoms with E-state index in [1.165, 1.54) is 11.3 Å². The Bertz CT molecular complexity index is 665. The second-order valence-electron chi connectivity index (χ2n) is 4.12. The van der Waals surface area contributed by atoms with Crippen LogP contribution in [0.5, 0.6) is 5.75 Å². The fourth-order valence-electron chi connectivity index (χ4n) is 1.49. The van der Waals surface area contributed by atoms with Crippen molar-refractivity contribution in [1.29, 1.82) is 0 Å². The summed E-state index contributed by atoms with van der Waals surface area (Å²) in [7, 11) is -3.44. The summed E-state index contributed by atoms with van der Waals surface area (Å²) in [5.74, 6) is 0.730. The standard InChI is InChI=1S/C13H14BrNO3S2/c1-10-2-4-11(5-3-10)18-9-8-15-20(16,17)13-7-6-12(14)19-13/h2-7,15H,8-9H2,1H3. The van der Waals surface area contributed by atoms with Crippen LogP contribution in [0.2, 0.25) is 0 Å². The van der Waals surface area contributed by atoms with E-state index < -0.39 is 10.0 Å². The molecule has 108 valence electrons. The van der Waals surface area contributed by atoms with Crippen LogP contribution in [0.15, 0.2) is 44.4 Å². The van der Waals surface area contributed by atoms with E-state index in [0.717, 1.165) is 15.1 Å². The predicted octanol–water partition coefficient (Wildman–Crippen LogP) is 3.18. The van der Waals surface area contributed by atoms with E-state index in [-0.39, 0.29) is 13.2 Å². The largest absolute Gasteiger partial charge is 0.492 e. The lowest BCUT2D eigenvalue weighted by Crippen LogP contribution is -2.27. The topological polar surface area (TPSA) is 55.4 Å². The molecule has 0 spiro atoms. The summed E-state index contributed by atoms with van der Waals surface area (Å²) in [5, 5.41) is 0. The van der Waals surface area contributed by atoms with E-state index in [1.807, 2.05) is 31.2 Å². The highest BCUT2D eigenvalue weighted by molar-refractivity contribution is 9.11. The van der Waals surface area contributed by atoms with Crippen LogP contribution in [0.3, 0.4) is 0 Å². The number of halogens is 1. The number of aryl methyl sites for hydroxylation is 1. The predicted molar refractivity (Wildman–Crippen MR) is 83.9 cm³/mol. The zero-order valence-electron chi connectivity index (χ0n) is 10.8. The molecule has 1 aromatic heterocycles. The van der Waals surface area contributed by atoms with Crippen LogP contribution in [0.25, 0.3) is 0 Å². The summed E-state index contributed by atoms with van der Waals surface area (Å²) in [6.07, 6.45) is 0. The SMILES string of the molecule is Cc1ccc(OCCNS(=O)(=O)c2ccc(Br)s2)cc1. The Morgan fingerprint density at radius 3 is 2.50 bits per heavy atom. The van der Waals surface area contributed by atoms with Gasteiger partial charge in [0.1, 0.15) is 16.6 Å². The molecular formula is C13H14BrNO3S2. The average Bonchev–Trinajstić information content (AvgIpc) is 2.84. The van der Waals surface area contributed by atoms with Crippen molar-refractivity contribution in [2.75, 3.05) is 13.2 Å². The van der Waals surface area contributed by atoms with Gasteiger partial charge in [0.15, 0.2) is 0 Å². The number of hydrogen-bond donors (Lipinski definition) is 1. The Balaban J connectivity index is 1.82. The molecule has 2 rings (SSSR count). The fourth-order valence-corrected chi connectivity index (χ4v) is 4.56. The van der Waals surface area contributed by atoms with Crippen LogP contribution in [0, 0.1) is 6.92 Å². The lowest BCUT2D eigenvalue weighted by molar-refractivity contribution is 0.323. The molecule has 0 aliphatic carbocycles. The van der Waals surface area contributed by atoms with Gasteiger partial charge in [-0.15, -0.1) is 11.3 Å². The minimum atomic E-state index is -3.44. The number of ether oxygens (including phenoxy) is 1. The van der Waals surface area contributed by atoms with Crippen LogP contribution in [-0.2, 0) is 10.0 Å². The second-order valence-corrected chi connectivity index (χ2v) is 8.57. The maximum absolute atomic E-state index is 11.9. The number of thiophene rings is 1. The Labute approximate surface area is 131 Å². The quantitative estimate of drug-likeness (QED) is 0.788. The molecule has 1 heterocycles. The molecule has 1 N–H and O–H groups in total. The van der Waals surface area contributed by atoms with Gasteiger partial charge in [0.25, 0.3) is 0 Å². The first-order valence-corrected chi connectivity index (χ1v) is 9.01. The maximum Gasteiger partial charge on any atom is 0.250 e. The van der Waals surface area contributed by atoms with E-state index in [1.54, 1.807) is 12.1 Å². The van der Waals surface area contributed by atoms with Crippen molar-refractivity contribution in [3.8, 4) is 5.75 Å². The number of hydrogen-bond acceptors (Lipinski definition) is 4. The minimum absolute atomic E-state index is 0.228. The Morgan fingerprint density at radius 1 is 1.20 bits per heavy atom. The van der Waals surface area contributed by atoms with Crippen molar-refractivity contribution in [1.82, 2.24) is 4.72 Å². The summed E-state index contributed by atoms with van der Waals surface area (Å²) >= 11 is 4.42. The zero-order valence-corrected chi connectivity index (χ0v) is 14.0. The fraction of sp³-hybridized carbons (Fsp3) is 0.231. The average molecular weight is 376 g/mol. The molecule has 1 aromatic carbocycles. The van der Waals surface area contributed by atoms with Gasteiger partial charge in [-0.3, -0.25) is 0 Å². The molecule has 0 bridgehead atoms. The van der Waals surface area contributed by atoms with Gasteiger partial charge in [0.05, 0.1) is 3.79 Å². The van der Waals surface area contributed by atoms with Gasteiger partial charge in [-0.25, -0.2) is 13.1 Å². The molecule has 7 heteroatoms. The highest BCUT2D eigenvalue weighted by Crippen LogP contribution is 2.25. The van der Waals surface area contributed by atoms with E-state index in [0.29, 0.717) is 4.21 Å². The van der Waals surface area contributed by atoms with E-state index >= 15 is 0 Å². The van der Waals surface area contributed by atoms with Crippen LogP contribution in [-0.4, -0.2) is 21.6 Å². The first-order valence-electron chi connectivity index (χ1n) is 5.92. The monoisotopic (exact) mass is 375 g/mol. The van der Waals surface area contributed by atoms with Crippen LogP contribution in [0.1, 0.15) is 5.56 Å². The third-order valence-electron chi connectivity index (χ3n) is 2.50. The normalized spacial score (nSPS) is 11.5. The van der Waals surface area contributed by atoms with E-state index in [4.69, 9.17) is 4.74 Å². The van der Waals surface area contributed by atoms with Gasteiger partial charge in [0, 0.05) is 6.54 Å². The molecule has 0 aliphatic rings. The van der Waals surface area contributed by atoms with E-state index in [9.17, 15) is 8.42 Å². The first kappa shape index (κ1) is 15.5. The minimum Gasteiger partial charge on any atom is -0.492 e. The summed E-state index contributed by atoms with van der Waals surface area (Å²) in [4.78, 5) is 0. The van der Waals surface area contributed by atoms with Gasteiger partial charge in [-0.05, 0) is 47.1 Å². The molecule has 2 aromatic rings. The van der Waals surface area contributed by atoms with Gasteiger partial charge in [-0.1, -0.05) is 17.7 Å². The lowest BCUT2D eigenvalue weighted by atomic mass is 10.2. The molecule has 0 fully saturated rings. The zero-order chi connectivity index (χ0) is 14.6. The molecule has 20 heavy (non-hydrogen) atoms. The Kier molecular flexibility index (Phi) is 5.20. The third kappa shape index (κ3) is 4.31. The molecule has 0 saturated carbocycles. The molecular weight excluding hydrogens is 362 g/mol. The smallest absolute Gasteiger partial charge is 0.250 e. The lowest BCUT2D eigenvalue weighted by Gasteiger charge is -2.07. The van der Waals surface area contributed by atoms with Crippen LogP contribution < -0.4 is 9.46 Å². The number of nitrogens with one attached hydrogen (secondary N) is 1. The van der Waals surface area contributed by atoms with Crippen molar-refractivity contribution in [3.63, 3.8) is 0 Å². The van der Waals surface area contributed by atoms with Crippen molar-refractivity contribution in [3.05, 3.63) is 45.7 Å².